The van der Waals surface area contributed by atoms with Crippen molar-refractivity contribution in [3.63, 3.8) is 0 Å². The highest BCUT2D eigenvalue weighted by molar-refractivity contribution is 5.78. The molecule has 0 aliphatic heterocycles. The molecule has 6 N–H and O–H groups in total. The van der Waals surface area contributed by atoms with Crippen molar-refractivity contribution < 1.29 is 24.9 Å². The van der Waals surface area contributed by atoms with E-state index in [1.165, 1.54) is 0 Å². The molecule has 120 valence electrons. The largest absolute Gasteiger partial charge is 0.481 e. The SMILES string of the molecule is CN[C@H]1[C@H]2C[C@@](C[C@H](N)C(=O)O)(C(=O)O)C[C@H]2CC[C@H]1O. The summed E-state index contributed by atoms with van der Waals surface area (Å²) in [5.74, 6) is -1.90. The smallest absolute Gasteiger partial charge is 0.320 e. The molecule has 2 aliphatic rings. The molecule has 0 amide bonds. The number of aliphatic hydroxyl groups excluding tert-OH is 1. The molecule has 6 atom stereocenters. The Morgan fingerprint density at radius 1 is 1.33 bits per heavy atom. The number of aliphatic hydroxyl groups is 1. The zero-order valence-electron chi connectivity index (χ0n) is 12.2. The Bertz CT molecular complexity index is 430. The highest BCUT2D eigenvalue weighted by Gasteiger charge is 2.55. The molecule has 2 fully saturated rings. The van der Waals surface area contributed by atoms with Gasteiger partial charge in [0.25, 0.3) is 0 Å². The molecule has 0 saturated heterocycles. The van der Waals surface area contributed by atoms with Gasteiger partial charge in [0, 0.05) is 6.04 Å². The predicted molar refractivity (Wildman–Crippen MR) is 74.6 cm³/mol. The van der Waals surface area contributed by atoms with Crippen molar-refractivity contribution in [3.05, 3.63) is 0 Å². The lowest BCUT2D eigenvalue weighted by Gasteiger charge is -2.37. The average Bonchev–Trinajstić information content (AvgIpc) is 2.78. The van der Waals surface area contributed by atoms with Crippen molar-refractivity contribution in [1.29, 1.82) is 0 Å². The van der Waals surface area contributed by atoms with Crippen molar-refractivity contribution in [2.75, 3.05) is 7.05 Å². The van der Waals surface area contributed by atoms with Crippen molar-refractivity contribution >= 4 is 11.9 Å². The van der Waals surface area contributed by atoms with Gasteiger partial charge < -0.3 is 26.4 Å². The Morgan fingerprint density at radius 2 is 2.00 bits per heavy atom. The van der Waals surface area contributed by atoms with Gasteiger partial charge in [-0.25, -0.2) is 0 Å². The molecule has 7 nitrogen and oxygen atoms in total. The number of hydrogen-bond donors (Lipinski definition) is 5. The highest BCUT2D eigenvalue weighted by Crippen LogP contribution is 2.53. The van der Waals surface area contributed by atoms with Crippen LogP contribution < -0.4 is 11.1 Å². The maximum Gasteiger partial charge on any atom is 0.320 e. The van der Waals surface area contributed by atoms with E-state index in [0.29, 0.717) is 19.3 Å². The van der Waals surface area contributed by atoms with Gasteiger partial charge in [0.15, 0.2) is 0 Å². The molecule has 0 spiro atoms. The lowest BCUT2D eigenvalue weighted by atomic mass is 9.76. The van der Waals surface area contributed by atoms with Gasteiger partial charge in [0.05, 0.1) is 11.5 Å². The monoisotopic (exact) mass is 300 g/mol. The fourth-order valence-electron chi connectivity index (χ4n) is 4.28. The lowest BCUT2D eigenvalue weighted by molar-refractivity contribution is -0.151. The number of aliphatic carboxylic acids is 2. The van der Waals surface area contributed by atoms with Crippen LogP contribution in [-0.2, 0) is 9.59 Å². The summed E-state index contributed by atoms with van der Waals surface area (Å²) in [5, 5.41) is 31.8. The number of nitrogens with one attached hydrogen (secondary N) is 1. The summed E-state index contributed by atoms with van der Waals surface area (Å²) in [7, 11) is 1.76. The first-order valence-electron chi connectivity index (χ1n) is 7.38. The van der Waals surface area contributed by atoms with E-state index < -0.39 is 29.5 Å². The minimum absolute atomic E-state index is 0.0517. The van der Waals surface area contributed by atoms with E-state index in [4.69, 9.17) is 10.8 Å². The molecular formula is C14H24N2O5. The second kappa shape index (κ2) is 5.90. The minimum Gasteiger partial charge on any atom is -0.481 e. The van der Waals surface area contributed by atoms with E-state index in [1.54, 1.807) is 7.05 Å². The first kappa shape index (κ1) is 16.2. The first-order valence-corrected chi connectivity index (χ1v) is 7.38. The van der Waals surface area contributed by atoms with Gasteiger partial charge in [-0.3, -0.25) is 9.59 Å². The van der Waals surface area contributed by atoms with Crippen LogP contribution in [0.15, 0.2) is 0 Å². The Labute approximate surface area is 123 Å². The topological polar surface area (TPSA) is 133 Å². The van der Waals surface area contributed by atoms with Crippen molar-refractivity contribution in [2.45, 2.75) is 50.3 Å². The summed E-state index contributed by atoms with van der Waals surface area (Å²) >= 11 is 0. The van der Waals surface area contributed by atoms with E-state index in [1.807, 2.05) is 0 Å². The van der Waals surface area contributed by atoms with E-state index >= 15 is 0 Å². The molecule has 0 aromatic rings. The summed E-state index contributed by atoms with van der Waals surface area (Å²) in [6, 6.07) is -1.30. The number of likely N-dealkylation sites (N-methyl/N-ethyl adjacent to an activating group) is 1. The van der Waals surface area contributed by atoms with Crippen LogP contribution in [0.2, 0.25) is 0 Å². The van der Waals surface area contributed by atoms with E-state index in [9.17, 15) is 19.8 Å². The van der Waals surface area contributed by atoms with Crippen LogP contribution in [0.1, 0.15) is 32.1 Å². The number of carbonyl (C=O) groups is 2. The van der Waals surface area contributed by atoms with Crippen LogP contribution in [0.4, 0.5) is 0 Å². The normalized spacial score (nSPS) is 40.5. The summed E-state index contributed by atoms with van der Waals surface area (Å²) in [6.45, 7) is 0. The van der Waals surface area contributed by atoms with Crippen LogP contribution in [-0.4, -0.2) is 52.5 Å². The number of carboxylic acids is 2. The third-order valence-electron chi connectivity index (χ3n) is 5.31. The van der Waals surface area contributed by atoms with Gasteiger partial charge in [-0.1, -0.05) is 0 Å². The molecule has 2 saturated carbocycles. The van der Waals surface area contributed by atoms with E-state index in [0.717, 1.165) is 6.42 Å². The third kappa shape index (κ3) is 2.90. The Morgan fingerprint density at radius 3 is 2.52 bits per heavy atom. The van der Waals surface area contributed by atoms with Crippen LogP contribution >= 0.6 is 0 Å². The number of carboxylic acid groups (broad SMARTS) is 2. The maximum absolute atomic E-state index is 11.8. The van der Waals surface area contributed by atoms with Gasteiger partial charge in [-0.15, -0.1) is 0 Å². The third-order valence-corrected chi connectivity index (χ3v) is 5.31. The molecule has 7 heteroatoms. The van der Waals surface area contributed by atoms with Crippen LogP contribution in [0, 0.1) is 17.3 Å². The van der Waals surface area contributed by atoms with Crippen molar-refractivity contribution in [2.24, 2.45) is 23.0 Å². The Kier molecular flexibility index (Phi) is 4.55. The molecule has 21 heavy (non-hydrogen) atoms. The Balaban J connectivity index is 2.22. The molecule has 0 aromatic heterocycles. The van der Waals surface area contributed by atoms with E-state index in [2.05, 4.69) is 5.32 Å². The predicted octanol–water partition coefficient (Wildman–Crippen LogP) is -0.372. The number of nitrogens with two attached hydrogens (primary N) is 1. The van der Waals surface area contributed by atoms with E-state index in [-0.39, 0.29) is 24.3 Å². The molecular weight excluding hydrogens is 276 g/mol. The van der Waals surface area contributed by atoms with Crippen molar-refractivity contribution in [1.82, 2.24) is 5.32 Å². The zero-order valence-corrected chi connectivity index (χ0v) is 12.2. The number of rotatable bonds is 5. The van der Waals surface area contributed by atoms with Crippen LogP contribution in [0.5, 0.6) is 0 Å². The second-order valence-electron chi connectivity index (χ2n) is 6.53. The maximum atomic E-state index is 11.8. The molecule has 0 aromatic carbocycles. The van der Waals surface area contributed by atoms with Gasteiger partial charge in [-0.05, 0) is 51.0 Å². The van der Waals surface area contributed by atoms with Crippen LogP contribution in [0.3, 0.4) is 0 Å². The average molecular weight is 300 g/mol. The zero-order chi connectivity index (χ0) is 15.8. The molecule has 2 aliphatic carbocycles. The number of hydrogen-bond acceptors (Lipinski definition) is 5. The molecule has 0 bridgehead atoms. The second-order valence-corrected chi connectivity index (χ2v) is 6.53. The van der Waals surface area contributed by atoms with Gasteiger partial charge in [-0.2, -0.15) is 0 Å². The summed E-state index contributed by atoms with van der Waals surface area (Å²) in [6.07, 6.45) is 1.70. The molecule has 0 radical (unpaired) electrons. The van der Waals surface area contributed by atoms with Crippen LogP contribution in [0.25, 0.3) is 0 Å². The fraction of sp³-hybridized carbons (Fsp3) is 0.857. The quantitative estimate of drug-likeness (QED) is 0.468. The highest BCUT2D eigenvalue weighted by atomic mass is 16.4. The molecule has 0 heterocycles. The molecule has 2 rings (SSSR count). The minimum atomic E-state index is -1.17. The van der Waals surface area contributed by atoms with Gasteiger partial charge >= 0.3 is 11.9 Å². The summed E-state index contributed by atoms with van der Waals surface area (Å²) < 4.78 is 0. The standard InChI is InChI=1S/C14H24N2O5/c1-16-11-8-5-14(13(20)21,6-9(15)12(18)19)4-7(8)2-3-10(11)17/h7-11,16-17H,2-6,15H2,1H3,(H,18,19)(H,20,21)/t7-,8+,9+,10-,11+,14+/m1/s1. The Hall–Kier alpha value is -1.18. The fourth-order valence-corrected chi connectivity index (χ4v) is 4.28. The van der Waals surface area contributed by atoms with Crippen molar-refractivity contribution in [3.8, 4) is 0 Å². The first-order chi connectivity index (χ1) is 9.80. The van der Waals surface area contributed by atoms with Gasteiger partial charge in [0.1, 0.15) is 6.04 Å². The summed E-state index contributed by atoms with van der Waals surface area (Å²) in [5.41, 5.74) is 4.48. The lowest BCUT2D eigenvalue weighted by Crippen LogP contribution is -2.48. The van der Waals surface area contributed by atoms with Gasteiger partial charge in [0.2, 0.25) is 0 Å². The number of fused-ring (bicyclic) bond motifs is 1. The molecule has 0 unspecified atom stereocenters. The summed E-state index contributed by atoms with van der Waals surface area (Å²) in [4.78, 5) is 22.7.